The van der Waals surface area contributed by atoms with Gasteiger partial charge in [0.2, 0.25) is 0 Å². The smallest absolute Gasteiger partial charge is 0.260 e. The molecule has 0 spiro atoms. The van der Waals surface area contributed by atoms with Crippen molar-refractivity contribution < 1.29 is 19.1 Å². The number of rotatable bonds is 11. The lowest BCUT2D eigenvalue weighted by atomic mass is 10.2. The molecule has 2 amide bonds. The second kappa shape index (κ2) is 11.9. The molecule has 0 saturated heterocycles. The van der Waals surface area contributed by atoms with Gasteiger partial charge in [-0.1, -0.05) is 38.1 Å². The van der Waals surface area contributed by atoms with Crippen LogP contribution >= 0.6 is 0 Å². The fourth-order valence-electron chi connectivity index (χ4n) is 2.78. The molecule has 162 valence electrons. The molecule has 6 nitrogen and oxygen atoms in total. The van der Waals surface area contributed by atoms with E-state index >= 15 is 0 Å². The first-order valence-corrected chi connectivity index (χ1v) is 10.5. The van der Waals surface area contributed by atoms with E-state index in [1.807, 2.05) is 48.5 Å². The Morgan fingerprint density at radius 1 is 0.700 bits per heavy atom. The van der Waals surface area contributed by atoms with E-state index in [4.69, 9.17) is 9.47 Å². The quantitative estimate of drug-likeness (QED) is 0.556. The van der Waals surface area contributed by atoms with Gasteiger partial charge in [-0.2, -0.15) is 0 Å². The molecule has 2 N–H and O–H groups in total. The van der Waals surface area contributed by atoms with E-state index in [-0.39, 0.29) is 11.8 Å². The Labute approximate surface area is 179 Å². The first kappa shape index (κ1) is 23.3. The van der Waals surface area contributed by atoms with Gasteiger partial charge < -0.3 is 20.1 Å². The van der Waals surface area contributed by atoms with Crippen LogP contribution in [0.3, 0.4) is 0 Å². The standard InChI is InChI=1S/C24H32N2O4/c1-5-19-7-11-21(12-8-19)29-17(3)23(27)25-15-16-26-24(28)18(4)30-22-13-9-20(6-2)10-14-22/h7-14,17-18H,5-6,15-16H2,1-4H3,(H,25,27)(H,26,28). The lowest BCUT2D eigenvalue weighted by Gasteiger charge is -2.17. The number of ether oxygens (including phenoxy) is 2. The minimum Gasteiger partial charge on any atom is -0.481 e. The predicted molar refractivity (Wildman–Crippen MR) is 118 cm³/mol. The molecule has 2 unspecified atom stereocenters. The van der Waals surface area contributed by atoms with Crippen LogP contribution in [0.2, 0.25) is 0 Å². The van der Waals surface area contributed by atoms with E-state index in [9.17, 15) is 9.59 Å². The monoisotopic (exact) mass is 412 g/mol. The number of nitrogens with one attached hydrogen (secondary N) is 2. The van der Waals surface area contributed by atoms with Gasteiger partial charge in [0.15, 0.2) is 12.2 Å². The summed E-state index contributed by atoms with van der Waals surface area (Å²) < 4.78 is 11.3. The number of carbonyl (C=O) groups is 2. The van der Waals surface area contributed by atoms with Gasteiger partial charge in [0.25, 0.3) is 11.8 Å². The average Bonchev–Trinajstić information content (AvgIpc) is 2.77. The Morgan fingerprint density at radius 3 is 1.33 bits per heavy atom. The molecule has 2 rings (SSSR count). The van der Waals surface area contributed by atoms with Crippen LogP contribution in [0.1, 0.15) is 38.8 Å². The predicted octanol–water partition coefficient (Wildman–Crippen LogP) is 3.28. The summed E-state index contributed by atoms with van der Waals surface area (Å²) in [4.78, 5) is 24.3. The zero-order valence-electron chi connectivity index (χ0n) is 18.2. The highest BCUT2D eigenvalue weighted by Gasteiger charge is 2.16. The summed E-state index contributed by atoms with van der Waals surface area (Å²) in [6.45, 7) is 8.18. The van der Waals surface area contributed by atoms with Crippen molar-refractivity contribution in [2.24, 2.45) is 0 Å². The molecule has 30 heavy (non-hydrogen) atoms. The van der Waals surface area contributed by atoms with E-state index in [0.29, 0.717) is 24.6 Å². The Hall–Kier alpha value is -3.02. The van der Waals surface area contributed by atoms with Crippen LogP contribution in [0.4, 0.5) is 0 Å². The van der Waals surface area contributed by atoms with Crippen LogP contribution in [0.15, 0.2) is 48.5 Å². The number of carbonyl (C=O) groups excluding carboxylic acids is 2. The largest absolute Gasteiger partial charge is 0.481 e. The molecular weight excluding hydrogens is 380 g/mol. The van der Waals surface area contributed by atoms with Gasteiger partial charge in [0.05, 0.1) is 0 Å². The van der Waals surface area contributed by atoms with Crippen molar-refractivity contribution in [1.29, 1.82) is 0 Å². The maximum Gasteiger partial charge on any atom is 0.260 e. The fourth-order valence-corrected chi connectivity index (χ4v) is 2.78. The first-order chi connectivity index (χ1) is 14.4. The van der Waals surface area contributed by atoms with Gasteiger partial charge in [0, 0.05) is 13.1 Å². The van der Waals surface area contributed by atoms with E-state index in [2.05, 4.69) is 24.5 Å². The average molecular weight is 413 g/mol. The lowest BCUT2D eigenvalue weighted by molar-refractivity contribution is -0.129. The maximum atomic E-state index is 12.2. The van der Waals surface area contributed by atoms with Crippen LogP contribution in [-0.2, 0) is 22.4 Å². The molecule has 6 heteroatoms. The summed E-state index contributed by atoms with van der Waals surface area (Å²) in [7, 11) is 0. The zero-order chi connectivity index (χ0) is 21.9. The summed E-state index contributed by atoms with van der Waals surface area (Å²) in [6, 6.07) is 15.4. The van der Waals surface area contributed by atoms with Crippen molar-refractivity contribution in [2.75, 3.05) is 13.1 Å². The van der Waals surface area contributed by atoms with Gasteiger partial charge in [0.1, 0.15) is 11.5 Å². The van der Waals surface area contributed by atoms with Crippen molar-refractivity contribution in [1.82, 2.24) is 10.6 Å². The maximum absolute atomic E-state index is 12.2. The molecule has 0 aromatic heterocycles. The molecule has 0 aliphatic carbocycles. The van der Waals surface area contributed by atoms with Gasteiger partial charge >= 0.3 is 0 Å². The molecular formula is C24H32N2O4. The van der Waals surface area contributed by atoms with E-state index < -0.39 is 12.2 Å². The van der Waals surface area contributed by atoms with E-state index in [0.717, 1.165) is 12.8 Å². The summed E-state index contributed by atoms with van der Waals surface area (Å²) >= 11 is 0. The fraction of sp³-hybridized carbons (Fsp3) is 0.417. The van der Waals surface area contributed by atoms with E-state index in [1.165, 1.54) is 11.1 Å². The zero-order valence-corrected chi connectivity index (χ0v) is 18.2. The molecule has 2 atom stereocenters. The summed E-state index contributed by atoms with van der Waals surface area (Å²) in [6.07, 6.45) is 0.663. The second-order valence-electron chi connectivity index (χ2n) is 7.10. The van der Waals surface area contributed by atoms with Crippen LogP contribution in [-0.4, -0.2) is 37.1 Å². The SMILES string of the molecule is CCc1ccc(OC(C)C(=O)NCCNC(=O)C(C)Oc2ccc(CC)cc2)cc1. The summed E-state index contributed by atoms with van der Waals surface area (Å²) in [5.41, 5.74) is 2.43. The molecule has 0 saturated carbocycles. The highest BCUT2D eigenvalue weighted by atomic mass is 16.5. The number of hydrogen-bond acceptors (Lipinski definition) is 4. The highest BCUT2D eigenvalue weighted by Crippen LogP contribution is 2.15. The molecule has 0 fully saturated rings. The van der Waals surface area contributed by atoms with Gasteiger partial charge in [-0.05, 0) is 62.1 Å². The third-order valence-electron chi connectivity index (χ3n) is 4.75. The third-order valence-corrected chi connectivity index (χ3v) is 4.75. The minimum absolute atomic E-state index is 0.232. The topological polar surface area (TPSA) is 76.7 Å². The van der Waals surface area contributed by atoms with Crippen molar-refractivity contribution in [3.63, 3.8) is 0 Å². The van der Waals surface area contributed by atoms with Gasteiger partial charge in [-0.3, -0.25) is 9.59 Å². The number of hydrogen-bond donors (Lipinski definition) is 2. The van der Waals surface area contributed by atoms with Crippen molar-refractivity contribution in [3.8, 4) is 11.5 Å². The second-order valence-corrected chi connectivity index (χ2v) is 7.10. The van der Waals surface area contributed by atoms with E-state index in [1.54, 1.807) is 13.8 Å². The van der Waals surface area contributed by atoms with Crippen LogP contribution < -0.4 is 20.1 Å². The number of aryl methyl sites for hydroxylation is 2. The van der Waals surface area contributed by atoms with Gasteiger partial charge in [-0.15, -0.1) is 0 Å². The molecule has 0 bridgehead atoms. The number of benzene rings is 2. The minimum atomic E-state index is -0.624. The Bertz CT molecular complexity index is 733. The molecule has 0 aliphatic heterocycles. The highest BCUT2D eigenvalue weighted by molar-refractivity contribution is 5.81. The van der Waals surface area contributed by atoms with Crippen LogP contribution in [0.25, 0.3) is 0 Å². The van der Waals surface area contributed by atoms with Crippen molar-refractivity contribution in [2.45, 2.75) is 52.7 Å². The molecule has 0 heterocycles. The lowest BCUT2D eigenvalue weighted by Crippen LogP contribution is -2.43. The Balaban J connectivity index is 1.67. The van der Waals surface area contributed by atoms with Crippen LogP contribution in [0.5, 0.6) is 11.5 Å². The van der Waals surface area contributed by atoms with Gasteiger partial charge in [-0.25, -0.2) is 0 Å². The molecule has 0 radical (unpaired) electrons. The molecule has 2 aromatic carbocycles. The summed E-state index contributed by atoms with van der Waals surface area (Å²) in [5, 5.41) is 5.52. The van der Waals surface area contributed by atoms with Crippen molar-refractivity contribution >= 4 is 11.8 Å². The third kappa shape index (κ3) is 7.43. The molecule has 0 aliphatic rings. The van der Waals surface area contributed by atoms with Crippen LogP contribution in [0, 0.1) is 0 Å². The van der Waals surface area contributed by atoms with Crippen molar-refractivity contribution in [3.05, 3.63) is 59.7 Å². The number of amides is 2. The first-order valence-electron chi connectivity index (χ1n) is 10.5. The summed E-state index contributed by atoms with van der Waals surface area (Å²) in [5.74, 6) is 0.843. The molecule has 2 aromatic rings. The normalized spacial score (nSPS) is 12.5. The Kier molecular flexibility index (Phi) is 9.19. The Morgan fingerprint density at radius 2 is 1.03 bits per heavy atom.